The van der Waals surface area contributed by atoms with Crippen molar-refractivity contribution in [3.63, 3.8) is 0 Å². The van der Waals surface area contributed by atoms with Crippen molar-refractivity contribution in [2.24, 2.45) is 0 Å². The molecular formula is C13H14N2O3. The summed E-state index contributed by atoms with van der Waals surface area (Å²) in [7, 11) is 0. The SMILES string of the molecule is CC#CCCNC(=O)Cc1cccc([N+](=O)[O-])c1. The summed E-state index contributed by atoms with van der Waals surface area (Å²) in [6, 6.07) is 6.07. The molecule has 0 aliphatic rings. The summed E-state index contributed by atoms with van der Waals surface area (Å²) in [4.78, 5) is 21.6. The number of carbonyl (C=O) groups is 1. The van der Waals surface area contributed by atoms with Gasteiger partial charge in [0.15, 0.2) is 0 Å². The van der Waals surface area contributed by atoms with Crippen LogP contribution in [0.25, 0.3) is 0 Å². The fraction of sp³-hybridized carbons (Fsp3) is 0.308. The third-order valence-corrected chi connectivity index (χ3v) is 2.24. The molecule has 0 aromatic heterocycles. The highest BCUT2D eigenvalue weighted by Gasteiger charge is 2.08. The zero-order valence-corrected chi connectivity index (χ0v) is 10.1. The Kier molecular flexibility index (Phi) is 5.39. The summed E-state index contributed by atoms with van der Waals surface area (Å²) < 4.78 is 0. The molecule has 0 atom stereocenters. The van der Waals surface area contributed by atoms with Crippen LogP contribution in [0, 0.1) is 22.0 Å². The van der Waals surface area contributed by atoms with Gasteiger partial charge in [-0.3, -0.25) is 14.9 Å². The van der Waals surface area contributed by atoms with Gasteiger partial charge in [-0.15, -0.1) is 11.8 Å². The first kappa shape index (κ1) is 13.7. The van der Waals surface area contributed by atoms with Crippen molar-refractivity contribution in [3.05, 3.63) is 39.9 Å². The molecule has 5 heteroatoms. The lowest BCUT2D eigenvalue weighted by Gasteiger charge is -2.03. The van der Waals surface area contributed by atoms with Gasteiger partial charge in [-0.05, 0) is 12.5 Å². The van der Waals surface area contributed by atoms with E-state index in [2.05, 4.69) is 17.2 Å². The van der Waals surface area contributed by atoms with E-state index < -0.39 is 4.92 Å². The molecule has 18 heavy (non-hydrogen) atoms. The lowest BCUT2D eigenvalue weighted by molar-refractivity contribution is -0.384. The van der Waals surface area contributed by atoms with Gasteiger partial charge in [0.25, 0.3) is 5.69 Å². The Bertz CT molecular complexity index is 500. The fourth-order valence-corrected chi connectivity index (χ4v) is 1.42. The summed E-state index contributed by atoms with van der Waals surface area (Å²) >= 11 is 0. The Hall–Kier alpha value is -2.35. The Labute approximate surface area is 105 Å². The lowest BCUT2D eigenvalue weighted by Crippen LogP contribution is -2.25. The molecule has 0 heterocycles. The quantitative estimate of drug-likeness (QED) is 0.372. The number of benzene rings is 1. The van der Waals surface area contributed by atoms with Crippen LogP contribution in [0.4, 0.5) is 5.69 Å². The third kappa shape index (κ3) is 4.66. The molecule has 1 aromatic carbocycles. The van der Waals surface area contributed by atoms with Crippen LogP contribution in [0.15, 0.2) is 24.3 Å². The van der Waals surface area contributed by atoms with Gasteiger partial charge in [0.2, 0.25) is 5.91 Å². The molecule has 1 rings (SSSR count). The molecule has 0 aliphatic heterocycles. The molecular weight excluding hydrogens is 232 g/mol. The van der Waals surface area contributed by atoms with Gasteiger partial charge in [-0.2, -0.15) is 0 Å². The van der Waals surface area contributed by atoms with Gasteiger partial charge < -0.3 is 5.32 Å². The number of carbonyl (C=O) groups excluding carboxylic acids is 1. The van der Waals surface area contributed by atoms with E-state index in [9.17, 15) is 14.9 Å². The van der Waals surface area contributed by atoms with Crippen LogP contribution in [0.1, 0.15) is 18.9 Å². The molecule has 0 spiro atoms. The van der Waals surface area contributed by atoms with Crippen molar-refractivity contribution in [2.75, 3.05) is 6.54 Å². The minimum Gasteiger partial charge on any atom is -0.355 e. The van der Waals surface area contributed by atoms with E-state index in [1.807, 2.05) is 0 Å². The Morgan fingerprint density at radius 3 is 2.94 bits per heavy atom. The maximum Gasteiger partial charge on any atom is 0.269 e. The molecule has 0 unspecified atom stereocenters. The van der Waals surface area contributed by atoms with Crippen LogP contribution in [0.3, 0.4) is 0 Å². The van der Waals surface area contributed by atoms with Crippen molar-refractivity contribution in [1.29, 1.82) is 0 Å². The Balaban J connectivity index is 2.50. The summed E-state index contributed by atoms with van der Waals surface area (Å²) in [6.07, 6.45) is 0.748. The molecule has 0 saturated heterocycles. The number of hydrogen-bond acceptors (Lipinski definition) is 3. The highest BCUT2D eigenvalue weighted by molar-refractivity contribution is 5.78. The number of amides is 1. The molecule has 1 amide bonds. The minimum atomic E-state index is -0.474. The number of non-ortho nitro benzene ring substituents is 1. The zero-order chi connectivity index (χ0) is 13.4. The number of hydrogen-bond donors (Lipinski definition) is 1. The summed E-state index contributed by atoms with van der Waals surface area (Å²) in [5.74, 6) is 5.41. The summed E-state index contributed by atoms with van der Waals surface area (Å²) in [6.45, 7) is 2.24. The van der Waals surface area contributed by atoms with Gasteiger partial charge in [-0.25, -0.2) is 0 Å². The first-order chi connectivity index (χ1) is 8.63. The first-order valence-electron chi connectivity index (χ1n) is 5.53. The van der Waals surface area contributed by atoms with E-state index in [0.29, 0.717) is 18.5 Å². The van der Waals surface area contributed by atoms with Gasteiger partial charge in [0.1, 0.15) is 0 Å². The second-order valence-corrected chi connectivity index (χ2v) is 3.63. The van der Waals surface area contributed by atoms with Gasteiger partial charge >= 0.3 is 0 Å². The van der Waals surface area contributed by atoms with Crippen molar-refractivity contribution in [1.82, 2.24) is 5.32 Å². The molecule has 0 bridgehead atoms. The smallest absolute Gasteiger partial charge is 0.269 e. The lowest BCUT2D eigenvalue weighted by atomic mass is 10.1. The van der Waals surface area contributed by atoms with Crippen molar-refractivity contribution in [3.8, 4) is 11.8 Å². The molecule has 0 fully saturated rings. The van der Waals surface area contributed by atoms with Crippen molar-refractivity contribution >= 4 is 11.6 Å². The highest BCUT2D eigenvalue weighted by atomic mass is 16.6. The van der Waals surface area contributed by atoms with E-state index >= 15 is 0 Å². The van der Waals surface area contributed by atoms with Crippen LogP contribution >= 0.6 is 0 Å². The largest absolute Gasteiger partial charge is 0.355 e. The highest BCUT2D eigenvalue weighted by Crippen LogP contribution is 2.13. The Morgan fingerprint density at radius 2 is 2.28 bits per heavy atom. The topological polar surface area (TPSA) is 72.2 Å². The van der Waals surface area contributed by atoms with Gasteiger partial charge in [-0.1, -0.05) is 12.1 Å². The second-order valence-electron chi connectivity index (χ2n) is 3.63. The van der Waals surface area contributed by atoms with Crippen LogP contribution < -0.4 is 5.32 Å². The molecule has 1 N–H and O–H groups in total. The first-order valence-corrected chi connectivity index (χ1v) is 5.53. The summed E-state index contributed by atoms with van der Waals surface area (Å²) in [5.41, 5.74) is 0.625. The molecule has 0 saturated carbocycles. The average molecular weight is 246 g/mol. The maximum absolute atomic E-state index is 11.5. The van der Waals surface area contributed by atoms with E-state index in [0.717, 1.165) is 0 Å². The van der Waals surface area contributed by atoms with Crippen LogP contribution in [0.2, 0.25) is 0 Å². The number of rotatable bonds is 5. The molecule has 1 aromatic rings. The monoisotopic (exact) mass is 246 g/mol. The van der Waals surface area contributed by atoms with E-state index in [1.54, 1.807) is 19.1 Å². The predicted molar refractivity (Wildman–Crippen MR) is 67.9 cm³/mol. The minimum absolute atomic E-state index is 0.00264. The third-order valence-electron chi connectivity index (χ3n) is 2.24. The second kappa shape index (κ2) is 7.07. The zero-order valence-electron chi connectivity index (χ0n) is 10.1. The van der Waals surface area contributed by atoms with E-state index in [1.165, 1.54) is 12.1 Å². The standard InChI is InChI=1S/C13H14N2O3/c1-2-3-4-8-14-13(16)10-11-6-5-7-12(9-11)15(17)18/h5-7,9H,4,8,10H2,1H3,(H,14,16). The van der Waals surface area contributed by atoms with Crippen molar-refractivity contribution in [2.45, 2.75) is 19.8 Å². The number of nitro groups is 1. The van der Waals surface area contributed by atoms with E-state index in [-0.39, 0.29) is 18.0 Å². The van der Waals surface area contributed by atoms with Crippen LogP contribution in [-0.2, 0) is 11.2 Å². The summed E-state index contributed by atoms with van der Waals surface area (Å²) in [5, 5.41) is 13.3. The molecule has 5 nitrogen and oxygen atoms in total. The van der Waals surface area contributed by atoms with Crippen LogP contribution in [0.5, 0.6) is 0 Å². The number of nitro benzene ring substituents is 1. The number of nitrogens with zero attached hydrogens (tertiary/aromatic N) is 1. The van der Waals surface area contributed by atoms with E-state index in [4.69, 9.17) is 0 Å². The molecule has 0 radical (unpaired) electrons. The van der Waals surface area contributed by atoms with Crippen molar-refractivity contribution < 1.29 is 9.72 Å². The maximum atomic E-state index is 11.5. The van der Waals surface area contributed by atoms with Gasteiger partial charge in [0.05, 0.1) is 11.3 Å². The predicted octanol–water partition coefficient (Wildman–Crippen LogP) is 1.67. The average Bonchev–Trinajstić information content (AvgIpc) is 2.35. The normalized spacial score (nSPS) is 9.17. The molecule has 94 valence electrons. The fourth-order valence-electron chi connectivity index (χ4n) is 1.42. The van der Waals surface area contributed by atoms with Gasteiger partial charge in [0, 0.05) is 25.1 Å². The molecule has 0 aliphatic carbocycles. The Morgan fingerprint density at radius 1 is 1.50 bits per heavy atom. The van der Waals surface area contributed by atoms with Crippen LogP contribution in [-0.4, -0.2) is 17.4 Å². The number of nitrogens with one attached hydrogen (secondary N) is 1.